The maximum absolute atomic E-state index is 5.52. The Balaban J connectivity index is 0.000000640. The Morgan fingerprint density at radius 3 is 2.11 bits per heavy atom. The van der Waals surface area contributed by atoms with E-state index in [2.05, 4.69) is 0 Å². The first-order valence-electron chi connectivity index (χ1n) is 2.62. The van der Waals surface area contributed by atoms with E-state index in [0.717, 1.165) is 11.3 Å². The van der Waals surface area contributed by atoms with Crippen molar-refractivity contribution in [2.24, 2.45) is 0 Å². The summed E-state index contributed by atoms with van der Waals surface area (Å²) < 4.78 is 0. The van der Waals surface area contributed by atoms with E-state index in [9.17, 15) is 0 Å². The van der Waals surface area contributed by atoms with Gasteiger partial charge in [0.25, 0.3) is 0 Å². The summed E-state index contributed by atoms with van der Waals surface area (Å²) in [7, 11) is 0. The van der Waals surface area contributed by atoms with Crippen molar-refractivity contribution >= 4 is 18.1 Å². The highest BCUT2D eigenvalue weighted by atomic mass is 35.5. The Kier molecular flexibility index (Phi) is 3.10. The van der Waals surface area contributed by atoms with Crippen molar-refractivity contribution in [3.63, 3.8) is 0 Å². The fourth-order valence-corrected chi connectivity index (χ4v) is 0.587. The SMILES string of the molecule is C[13c]1[13cH][13cH][13cH][13cH][13c]1N.Cl. The van der Waals surface area contributed by atoms with Crippen LogP contribution in [-0.2, 0) is 0 Å². The van der Waals surface area contributed by atoms with Gasteiger partial charge in [0.2, 0.25) is 0 Å². The maximum atomic E-state index is 5.52. The summed E-state index contributed by atoms with van der Waals surface area (Å²) in [6.07, 6.45) is 0. The van der Waals surface area contributed by atoms with Gasteiger partial charge in [0.1, 0.15) is 0 Å². The van der Waals surface area contributed by atoms with Crippen LogP contribution in [0.5, 0.6) is 0 Å². The molecule has 50 valence electrons. The van der Waals surface area contributed by atoms with Gasteiger partial charge in [0.15, 0.2) is 0 Å². The molecule has 0 aliphatic carbocycles. The van der Waals surface area contributed by atoms with E-state index in [-0.39, 0.29) is 12.4 Å². The third-order valence-electron chi connectivity index (χ3n) is 1.19. The quantitative estimate of drug-likeness (QED) is 0.561. The Morgan fingerprint density at radius 1 is 1.22 bits per heavy atom. The fourth-order valence-electron chi connectivity index (χ4n) is 0.587. The molecule has 1 nitrogen and oxygen atoms in total. The lowest BCUT2D eigenvalue weighted by atomic mass is 11.0. The number of para-hydroxylation sites is 1. The van der Waals surface area contributed by atoms with Gasteiger partial charge in [-0.2, -0.15) is 0 Å². The van der Waals surface area contributed by atoms with E-state index in [1.54, 1.807) is 0 Å². The molecule has 0 aromatic heterocycles. The van der Waals surface area contributed by atoms with E-state index in [4.69, 9.17) is 5.73 Å². The summed E-state index contributed by atoms with van der Waals surface area (Å²) >= 11 is 0. The minimum atomic E-state index is 0. The monoisotopic (exact) mass is 149 g/mol. The summed E-state index contributed by atoms with van der Waals surface area (Å²) in [6, 6.07) is 7.80. The van der Waals surface area contributed by atoms with Crippen LogP contribution >= 0.6 is 12.4 Å². The van der Waals surface area contributed by atoms with Crippen molar-refractivity contribution in [2.75, 3.05) is 5.73 Å². The van der Waals surface area contributed by atoms with Gasteiger partial charge in [-0.3, -0.25) is 0 Å². The first-order chi connectivity index (χ1) is 3.80. The summed E-state index contributed by atoms with van der Waals surface area (Å²) in [5.74, 6) is 0. The van der Waals surface area contributed by atoms with Gasteiger partial charge in [-0.25, -0.2) is 0 Å². The second kappa shape index (κ2) is 3.36. The van der Waals surface area contributed by atoms with Crippen LogP contribution in [0.4, 0.5) is 5.69 Å². The van der Waals surface area contributed by atoms with Crippen LogP contribution in [0, 0.1) is 6.92 Å². The molecular formula is C7H10ClN. The molecule has 0 radical (unpaired) electrons. The van der Waals surface area contributed by atoms with Gasteiger partial charge in [-0.15, -0.1) is 12.4 Å². The average Bonchev–Trinajstić information content (AvgIpc) is 1.77. The van der Waals surface area contributed by atoms with Crippen molar-refractivity contribution in [1.82, 2.24) is 0 Å². The molecule has 1 aromatic rings. The number of rotatable bonds is 0. The predicted octanol–water partition coefficient (Wildman–Crippen LogP) is 2.00. The predicted molar refractivity (Wildman–Crippen MR) is 42.8 cm³/mol. The van der Waals surface area contributed by atoms with Gasteiger partial charge in [0.05, 0.1) is 0 Å². The molecule has 0 bridgehead atoms. The zero-order valence-electron chi connectivity index (χ0n) is 5.29. The third kappa shape index (κ3) is 1.94. The molecule has 2 N–H and O–H groups in total. The Bertz CT molecular complexity index is 165. The van der Waals surface area contributed by atoms with Crippen molar-refractivity contribution in [2.45, 2.75) is 6.92 Å². The molecule has 0 fully saturated rings. The largest absolute Gasteiger partial charge is 0.399 e. The average molecular weight is 150 g/mol. The first kappa shape index (κ1) is 8.31. The standard InChI is InChI=1S/C7H9N.ClH/c1-6-4-2-3-5-7(6)8;/h2-5H,8H2,1H3;1H/i2+1,3+1,4+1,5+1,6+1,7+1;. The molecule has 0 atom stereocenters. The van der Waals surface area contributed by atoms with Gasteiger partial charge in [0, 0.05) is 5.69 Å². The number of hydrogen-bond donors (Lipinski definition) is 1. The zero-order valence-corrected chi connectivity index (χ0v) is 6.11. The molecule has 0 aliphatic rings. The number of aryl methyl sites for hydroxylation is 1. The second-order valence-corrected chi connectivity index (χ2v) is 1.86. The van der Waals surface area contributed by atoms with Crippen LogP contribution < -0.4 is 5.73 Å². The van der Waals surface area contributed by atoms with Gasteiger partial charge < -0.3 is 5.73 Å². The molecule has 1 rings (SSSR count). The highest BCUT2D eigenvalue weighted by Gasteiger charge is 1.84. The van der Waals surface area contributed by atoms with Crippen molar-refractivity contribution in [1.29, 1.82) is 0 Å². The van der Waals surface area contributed by atoms with Gasteiger partial charge >= 0.3 is 0 Å². The lowest BCUT2D eigenvalue weighted by Crippen LogP contribution is -1.85. The van der Waals surface area contributed by atoms with Gasteiger partial charge in [-0.1, -0.05) is 18.2 Å². The van der Waals surface area contributed by atoms with Crippen molar-refractivity contribution < 1.29 is 0 Å². The normalized spacial score (nSPS) is 8.11. The smallest absolute Gasteiger partial charge is 0.0343 e. The molecule has 0 aliphatic heterocycles. The number of nitrogens with two attached hydrogens (primary N) is 1. The minimum absolute atomic E-state index is 0. The third-order valence-corrected chi connectivity index (χ3v) is 1.19. The summed E-state index contributed by atoms with van der Waals surface area (Å²) in [6.45, 7) is 2.00. The van der Waals surface area contributed by atoms with Crippen LogP contribution in [0.15, 0.2) is 24.3 Å². The molecule has 2 heteroatoms. The van der Waals surface area contributed by atoms with Crippen LogP contribution in [0.1, 0.15) is 5.56 Å². The van der Waals surface area contributed by atoms with E-state index in [1.165, 1.54) is 0 Å². The Labute approximate surface area is 61.3 Å². The maximum Gasteiger partial charge on any atom is 0.0343 e. The molecule has 0 heterocycles. The van der Waals surface area contributed by atoms with E-state index in [1.807, 2.05) is 31.2 Å². The molecule has 9 heavy (non-hydrogen) atoms. The molecular weight excluding hydrogens is 139 g/mol. The van der Waals surface area contributed by atoms with Crippen LogP contribution in [0.3, 0.4) is 0 Å². The highest BCUT2D eigenvalue weighted by Crippen LogP contribution is 2.06. The van der Waals surface area contributed by atoms with Crippen molar-refractivity contribution in [3.8, 4) is 0 Å². The molecule has 0 amide bonds. The summed E-state index contributed by atoms with van der Waals surface area (Å²) in [4.78, 5) is 0. The van der Waals surface area contributed by atoms with Gasteiger partial charge in [-0.05, 0) is 18.6 Å². The van der Waals surface area contributed by atoms with Crippen LogP contribution in [-0.4, -0.2) is 0 Å². The summed E-state index contributed by atoms with van der Waals surface area (Å²) in [5.41, 5.74) is 7.53. The number of anilines is 1. The number of benzene rings is 1. The highest BCUT2D eigenvalue weighted by molar-refractivity contribution is 5.85. The summed E-state index contributed by atoms with van der Waals surface area (Å²) in [5, 5.41) is 0. The molecule has 0 saturated carbocycles. The van der Waals surface area contributed by atoms with Crippen molar-refractivity contribution in [3.05, 3.63) is 29.8 Å². The number of hydrogen-bond acceptors (Lipinski definition) is 1. The van der Waals surface area contributed by atoms with Crippen LogP contribution in [0.2, 0.25) is 0 Å². The van der Waals surface area contributed by atoms with E-state index >= 15 is 0 Å². The number of nitrogen functional groups attached to an aromatic ring is 1. The fraction of sp³-hybridized carbons (Fsp3) is 0.143. The Hall–Kier alpha value is -0.690. The van der Waals surface area contributed by atoms with E-state index in [0.29, 0.717) is 0 Å². The molecule has 1 aromatic carbocycles. The zero-order chi connectivity index (χ0) is 5.98. The van der Waals surface area contributed by atoms with Crippen LogP contribution in [0.25, 0.3) is 0 Å². The molecule has 0 saturated heterocycles. The lowest BCUT2D eigenvalue weighted by molar-refractivity contribution is 1.47. The molecule has 0 spiro atoms. The lowest BCUT2D eigenvalue weighted by Gasteiger charge is -1.93. The first-order valence-corrected chi connectivity index (χ1v) is 2.62. The van der Waals surface area contributed by atoms with E-state index < -0.39 is 0 Å². The topological polar surface area (TPSA) is 26.0 Å². The molecule has 0 unspecified atom stereocenters. The Morgan fingerprint density at radius 2 is 1.78 bits per heavy atom. The second-order valence-electron chi connectivity index (χ2n) is 1.86. The number of halogens is 1. The minimum Gasteiger partial charge on any atom is -0.399 e.